The van der Waals surface area contributed by atoms with Gasteiger partial charge in [0.05, 0.1) is 17.5 Å². The third kappa shape index (κ3) is 2.93. The van der Waals surface area contributed by atoms with E-state index in [1.165, 1.54) is 28.8 Å². The molecule has 1 saturated carbocycles. The van der Waals surface area contributed by atoms with Crippen LogP contribution in [0.2, 0.25) is 0 Å². The van der Waals surface area contributed by atoms with E-state index in [9.17, 15) is 17.9 Å². The molecule has 0 unspecified atom stereocenters. The van der Waals surface area contributed by atoms with Crippen molar-refractivity contribution in [1.29, 1.82) is 0 Å². The van der Waals surface area contributed by atoms with Gasteiger partial charge in [0, 0.05) is 18.2 Å². The maximum atomic E-state index is 13.0. The topological polar surface area (TPSA) is 57.6 Å². The minimum absolute atomic E-state index is 0.0104. The summed E-state index contributed by atoms with van der Waals surface area (Å²) in [6, 6.07) is 9.13. The minimum Gasteiger partial charge on any atom is -0.507 e. The van der Waals surface area contributed by atoms with Gasteiger partial charge in [-0.1, -0.05) is 11.8 Å². The van der Waals surface area contributed by atoms with E-state index in [1.54, 1.807) is 12.1 Å². The molecule has 2 aliphatic rings. The van der Waals surface area contributed by atoms with Crippen molar-refractivity contribution in [2.24, 2.45) is 0 Å². The highest BCUT2D eigenvalue weighted by Gasteiger charge is 2.49. The Bertz CT molecular complexity index is 1040. The first-order chi connectivity index (χ1) is 12.3. The fraction of sp³-hybridized carbons (Fsp3) is 0.300. The minimum atomic E-state index is -3.40. The highest BCUT2D eigenvalue weighted by Crippen LogP contribution is 2.57. The first kappa shape index (κ1) is 16.9. The molecule has 1 spiro atoms. The van der Waals surface area contributed by atoms with Gasteiger partial charge in [-0.25, -0.2) is 12.8 Å². The summed E-state index contributed by atoms with van der Waals surface area (Å²) in [5.41, 5.74) is 2.60. The van der Waals surface area contributed by atoms with Crippen LogP contribution in [0.15, 0.2) is 36.4 Å². The summed E-state index contributed by atoms with van der Waals surface area (Å²) in [6.07, 6.45) is 4.00. The lowest BCUT2D eigenvalue weighted by molar-refractivity contribution is 0.472. The summed E-state index contributed by atoms with van der Waals surface area (Å²) >= 11 is 0. The molecule has 0 saturated heterocycles. The quantitative estimate of drug-likeness (QED) is 0.784. The predicted octanol–water partition coefficient (Wildman–Crippen LogP) is 3.13. The molecule has 0 amide bonds. The van der Waals surface area contributed by atoms with Crippen molar-refractivity contribution < 1.29 is 17.9 Å². The molecular weight excluding hydrogens is 353 g/mol. The molecule has 4 nitrogen and oxygen atoms in total. The summed E-state index contributed by atoms with van der Waals surface area (Å²) in [5.74, 6) is 5.46. The number of nitrogens with zero attached hydrogens (tertiary/aromatic N) is 1. The summed E-state index contributed by atoms with van der Waals surface area (Å²) in [5, 5.41) is 10.4. The molecular formula is C20H18FNO3S. The molecule has 0 radical (unpaired) electrons. The summed E-state index contributed by atoms with van der Waals surface area (Å²) < 4.78 is 38.6. The monoisotopic (exact) mass is 371 g/mol. The van der Waals surface area contributed by atoms with Gasteiger partial charge >= 0.3 is 0 Å². The summed E-state index contributed by atoms with van der Waals surface area (Å²) in [6.45, 7) is 0.436. The Hall–Kier alpha value is -2.52. The maximum Gasteiger partial charge on any atom is 0.232 e. The van der Waals surface area contributed by atoms with Gasteiger partial charge in [0.25, 0.3) is 0 Å². The number of hydrogen-bond donors (Lipinski definition) is 1. The van der Waals surface area contributed by atoms with Gasteiger partial charge in [0.2, 0.25) is 10.0 Å². The highest BCUT2D eigenvalue weighted by molar-refractivity contribution is 7.92. The standard InChI is InChI=1S/C20H18FNO3S/c1-26(24,25)22-11-10-20(8-9-20)17-12-15(19(23)13-18(17)22)5-2-14-3-6-16(21)7-4-14/h3-4,6-7,12-13,23H,8-11H2,1H3. The number of benzene rings is 2. The highest BCUT2D eigenvalue weighted by atomic mass is 32.2. The Balaban J connectivity index is 1.79. The Kier molecular flexibility index (Phi) is 3.74. The van der Waals surface area contributed by atoms with E-state index in [1.807, 2.05) is 6.07 Å². The van der Waals surface area contributed by atoms with Crippen LogP contribution in [0.25, 0.3) is 0 Å². The van der Waals surface area contributed by atoms with Crippen LogP contribution in [0.1, 0.15) is 36.0 Å². The van der Waals surface area contributed by atoms with Gasteiger partial charge in [-0.3, -0.25) is 4.31 Å². The average molecular weight is 371 g/mol. The van der Waals surface area contributed by atoms with Crippen molar-refractivity contribution in [2.75, 3.05) is 17.1 Å². The summed E-state index contributed by atoms with van der Waals surface area (Å²) in [7, 11) is -3.40. The zero-order valence-corrected chi connectivity index (χ0v) is 15.1. The lowest BCUT2D eigenvalue weighted by Gasteiger charge is -2.34. The van der Waals surface area contributed by atoms with Crippen molar-refractivity contribution in [3.63, 3.8) is 0 Å². The number of aromatic hydroxyl groups is 1. The molecule has 4 rings (SSSR count). The number of fused-ring (bicyclic) bond motifs is 2. The zero-order chi connectivity index (χ0) is 18.5. The van der Waals surface area contributed by atoms with Gasteiger partial charge in [-0.05, 0) is 60.6 Å². The van der Waals surface area contributed by atoms with E-state index in [0.29, 0.717) is 23.4 Å². The second-order valence-corrected chi connectivity index (χ2v) is 8.92. The third-order valence-corrected chi connectivity index (χ3v) is 6.37. The number of anilines is 1. The van der Waals surface area contributed by atoms with Crippen LogP contribution < -0.4 is 4.31 Å². The molecule has 2 aromatic carbocycles. The maximum absolute atomic E-state index is 13.0. The number of phenolic OH excluding ortho intramolecular Hbond substituents is 1. The fourth-order valence-electron chi connectivity index (χ4n) is 3.57. The van der Waals surface area contributed by atoms with Crippen molar-refractivity contribution in [1.82, 2.24) is 0 Å². The largest absolute Gasteiger partial charge is 0.507 e. The van der Waals surface area contributed by atoms with Crippen molar-refractivity contribution in [2.45, 2.75) is 24.7 Å². The van der Waals surface area contributed by atoms with Crippen LogP contribution in [0.3, 0.4) is 0 Å². The Labute approximate surface area is 152 Å². The van der Waals surface area contributed by atoms with E-state index in [-0.39, 0.29) is 17.0 Å². The van der Waals surface area contributed by atoms with Crippen molar-refractivity contribution in [3.05, 3.63) is 58.9 Å². The summed E-state index contributed by atoms with van der Waals surface area (Å²) in [4.78, 5) is 0. The SMILES string of the molecule is CS(=O)(=O)N1CCC2(CC2)c2cc(C#Cc3ccc(F)cc3)c(O)cc21. The van der Waals surface area contributed by atoms with Gasteiger partial charge in [0.1, 0.15) is 11.6 Å². The molecule has 2 aromatic rings. The van der Waals surface area contributed by atoms with Crippen LogP contribution in [0.5, 0.6) is 5.75 Å². The third-order valence-electron chi connectivity index (χ3n) is 5.19. The van der Waals surface area contributed by atoms with Crippen LogP contribution >= 0.6 is 0 Å². The number of phenols is 1. The molecule has 1 aliphatic carbocycles. The number of halogens is 1. The second-order valence-electron chi connectivity index (χ2n) is 7.01. The van der Waals surface area contributed by atoms with Gasteiger partial charge < -0.3 is 5.11 Å². The van der Waals surface area contributed by atoms with Crippen LogP contribution in [0, 0.1) is 17.7 Å². The fourth-order valence-corrected chi connectivity index (χ4v) is 4.50. The lowest BCUT2D eigenvalue weighted by atomic mass is 9.86. The normalized spacial score (nSPS) is 17.4. The van der Waals surface area contributed by atoms with Crippen LogP contribution in [-0.4, -0.2) is 26.3 Å². The molecule has 0 aromatic heterocycles. The average Bonchev–Trinajstić information content (AvgIpc) is 3.34. The van der Waals surface area contributed by atoms with E-state index >= 15 is 0 Å². The van der Waals surface area contributed by atoms with Gasteiger partial charge in [-0.15, -0.1) is 0 Å². The smallest absolute Gasteiger partial charge is 0.232 e. The van der Waals surface area contributed by atoms with Crippen molar-refractivity contribution in [3.8, 4) is 17.6 Å². The Morgan fingerprint density at radius 3 is 2.42 bits per heavy atom. The molecule has 1 N–H and O–H groups in total. The van der Waals surface area contributed by atoms with E-state index in [4.69, 9.17) is 0 Å². The van der Waals surface area contributed by atoms with Crippen molar-refractivity contribution >= 4 is 15.7 Å². The number of hydrogen-bond acceptors (Lipinski definition) is 3. The number of rotatable bonds is 1. The molecule has 1 fully saturated rings. The first-order valence-corrected chi connectivity index (χ1v) is 10.3. The van der Waals surface area contributed by atoms with Gasteiger partial charge in [-0.2, -0.15) is 0 Å². The van der Waals surface area contributed by atoms with Gasteiger partial charge in [0.15, 0.2) is 0 Å². The second kappa shape index (κ2) is 5.75. The molecule has 1 heterocycles. The van der Waals surface area contributed by atoms with E-state index in [0.717, 1.165) is 24.8 Å². The molecule has 0 bridgehead atoms. The Morgan fingerprint density at radius 2 is 1.81 bits per heavy atom. The Morgan fingerprint density at radius 1 is 1.12 bits per heavy atom. The lowest BCUT2D eigenvalue weighted by Crippen LogP contribution is -2.38. The van der Waals surface area contributed by atoms with Crippen LogP contribution in [0.4, 0.5) is 10.1 Å². The van der Waals surface area contributed by atoms with Crippen LogP contribution in [-0.2, 0) is 15.4 Å². The zero-order valence-electron chi connectivity index (χ0n) is 14.3. The molecule has 134 valence electrons. The molecule has 0 atom stereocenters. The van der Waals surface area contributed by atoms with E-state index in [2.05, 4.69) is 11.8 Å². The molecule has 26 heavy (non-hydrogen) atoms. The molecule has 6 heteroatoms. The predicted molar refractivity (Wildman–Crippen MR) is 98.2 cm³/mol. The van der Waals surface area contributed by atoms with E-state index < -0.39 is 10.0 Å². The molecule has 1 aliphatic heterocycles. The number of sulfonamides is 1. The first-order valence-electron chi connectivity index (χ1n) is 8.41.